The van der Waals surface area contributed by atoms with Crippen LogP contribution in [0.15, 0.2) is 0 Å². The van der Waals surface area contributed by atoms with Gasteiger partial charge in [-0.25, -0.2) is 4.79 Å². The van der Waals surface area contributed by atoms with Crippen LogP contribution in [0.3, 0.4) is 0 Å². The summed E-state index contributed by atoms with van der Waals surface area (Å²) in [7, 11) is 0. The van der Waals surface area contributed by atoms with E-state index in [4.69, 9.17) is 5.11 Å². The predicted molar refractivity (Wildman–Crippen MR) is 41.7 cm³/mol. The van der Waals surface area contributed by atoms with Gasteiger partial charge in [0.15, 0.2) is 0 Å². The minimum atomic E-state index is -0.815. The smallest absolute Gasteiger partial charge is 0.407 e. The van der Waals surface area contributed by atoms with Gasteiger partial charge < -0.3 is 15.3 Å². The molecule has 4 nitrogen and oxygen atoms in total. The summed E-state index contributed by atoms with van der Waals surface area (Å²) in [6.45, 7) is 5.18. The minimum absolute atomic E-state index is 0.273. The number of nitrogens with zero attached hydrogens (tertiary/aromatic N) is 1. The lowest BCUT2D eigenvalue weighted by Gasteiger charge is -2.34. The Balaban J connectivity index is 2.49. The van der Waals surface area contributed by atoms with Gasteiger partial charge in [-0.3, -0.25) is 0 Å². The highest BCUT2D eigenvalue weighted by atomic mass is 16.4. The molecule has 1 heterocycles. The van der Waals surface area contributed by atoms with E-state index in [-0.39, 0.29) is 12.1 Å². The van der Waals surface area contributed by atoms with Gasteiger partial charge in [-0.2, -0.15) is 0 Å². The van der Waals surface area contributed by atoms with E-state index in [2.05, 4.69) is 5.32 Å². The maximum absolute atomic E-state index is 10.5. The first-order valence-corrected chi connectivity index (χ1v) is 3.83. The summed E-state index contributed by atoms with van der Waals surface area (Å²) in [5.41, 5.74) is 0. The van der Waals surface area contributed by atoms with E-state index in [0.29, 0.717) is 13.1 Å². The molecule has 1 aliphatic rings. The van der Waals surface area contributed by atoms with E-state index in [1.165, 1.54) is 4.90 Å². The first-order chi connectivity index (χ1) is 5.09. The summed E-state index contributed by atoms with van der Waals surface area (Å²) < 4.78 is 0. The summed E-state index contributed by atoms with van der Waals surface area (Å²) >= 11 is 0. The molecule has 1 rings (SSSR count). The average Bonchev–Trinajstić information content (AvgIpc) is 1.85. The summed E-state index contributed by atoms with van der Waals surface area (Å²) in [4.78, 5) is 12.0. The van der Waals surface area contributed by atoms with E-state index in [0.717, 1.165) is 0 Å². The fourth-order valence-corrected chi connectivity index (χ4v) is 1.48. The van der Waals surface area contributed by atoms with Gasteiger partial charge in [-0.15, -0.1) is 0 Å². The first kappa shape index (κ1) is 8.33. The van der Waals surface area contributed by atoms with Crippen molar-refractivity contribution >= 4 is 6.09 Å². The van der Waals surface area contributed by atoms with Gasteiger partial charge in [0, 0.05) is 25.2 Å². The normalized spacial score (nSPS) is 32.0. The van der Waals surface area contributed by atoms with E-state index in [9.17, 15) is 4.79 Å². The molecule has 11 heavy (non-hydrogen) atoms. The number of rotatable bonds is 0. The van der Waals surface area contributed by atoms with Crippen molar-refractivity contribution in [2.45, 2.75) is 25.9 Å². The van der Waals surface area contributed by atoms with Crippen molar-refractivity contribution in [1.82, 2.24) is 10.2 Å². The molecule has 1 aliphatic heterocycles. The summed E-state index contributed by atoms with van der Waals surface area (Å²) in [6.07, 6.45) is -0.815. The number of piperazine rings is 1. The zero-order chi connectivity index (χ0) is 8.43. The van der Waals surface area contributed by atoms with Crippen molar-refractivity contribution in [3.8, 4) is 0 Å². The maximum atomic E-state index is 10.5. The molecule has 1 saturated heterocycles. The number of carbonyl (C=O) groups is 1. The van der Waals surface area contributed by atoms with Crippen LogP contribution in [-0.2, 0) is 0 Å². The lowest BCUT2D eigenvalue weighted by atomic mass is 10.2. The molecule has 1 amide bonds. The zero-order valence-corrected chi connectivity index (χ0v) is 6.87. The molecular formula is C7H14N2O2. The SMILES string of the molecule is CC1CN(C(=O)O)C[C@@H](C)N1. The molecule has 4 heteroatoms. The second kappa shape index (κ2) is 3.09. The van der Waals surface area contributed by atoms with Crippen molar-refractivity contribution in [2.24, 2.45) is 0 Å². The van der Waals surface area contributed by atoms with E-state index in [1.807, 2.05) is 13.8 Å². The van der Waals surface area contributed by atoms with Crippen LogP contribution in [0.2, 0.25) is 0 Å². The topological polar surface area (TPSA) is 52.6 Å². The molecule has 1 unspecified atom stereocenters. The highest BCUT2D eigenvalue weighted by Gasteiger charge is 2.23. The van der Waals surface area contributed by atoms with Crippen LogP contribution in [-0.4, -0.2) is 41.3 Å². The maximum Gasteiger partial charge on any atom is 0.407 e. The monoisotopic (exact) mass is 158 g/mol. The fraction of sp³-hybridized carbons (Fsp3) is 0.857. The quantitative estimate of drug-likeness (QED) is 0.534. The van der Waals surface area contributed by atoms with Crippen molar-refractivity contribution in [2.75, 3.05) is 13.1 Å². The third-order valence-corrected chi connectivity index (χ3v) is 1.83. The van der Waals surface area contributed by atoms with Gasteiger partial charge in [0.05, 0.1) is 0 Å². The molecule has 0 spiro atoms. The van der Waals surface area contributed by atoms with Gasteiger partial charge in [-0.05, 0) is 13.8 Å². The summed E-state index contributed by atoms with van der Waals surface area (Å²) in [5.74, 6) is 0. The first-order valence-electron chi connectivity index (χ1n) is 3.83. The Hall–Kier alpha value is -0.770. The van der Waals surface area contributed by atoms with Crippen LogP contribution >= 0.6 is 0 Å². The number of hydrogen-bond acceptors (Lipinski definition) is 2. The van der Waals surface area contributed by atoms with Crippen LogP contribution in [0.1, 0.15) is 13.8 Å². The molecule has 0 radical (unpaired) electrons. The molecule has 0 aromatic heterocycles. The second-order valence-electron chi connectivity index (χ2n) is 3.16. The highest BCUT2D eigenvalue weighted by Crippen LogP contribution is 2.03. The van der Waals surface area contributed by atoms with E-state index >= 15 is 0 Å². The standard InChI is InChI=1S/C7H14N2O2/c1-5-3-9(7(10)11)4-6(2)8-5/h5-6,8H,3-4H2,1-2H3,(H,10,11)/t5-,6?/m1/s1. The van der Waals surface area contributed by atoms with E-state index < -0.39 is 6.09 Å². The van der Waals surface area contributed by atoms with E-state index in [1.54, 1.807) is 0 Å². The van der Waals surface area contributed by atoms with Gasteiger partial charge in [0.2, 0.25) is 0 Å². The average molecular weight is 158 g/mol. The molecule has 1 fully saturated rings. The molecule has 0 bridgehead atoms. The molecule has 0 aromatic rings. The van der Waals surface area contributed by atoms with Gasteiger partial charge >= 0.3 is 6.09 Å². The number of amides is 1. The van der Waals surface area contributed by atoms with Crippen LogP contribution in [0.4, 0.5) is 4.79 Å². The van der Waals surface area contributed by atoms with Crippen molar-refractivity contribution in [1.29, 1.82) is 0 Å². The van der Waals surface area contributed by atoms with Crippen molar-refractivity contribution < 1.29 is 9.90 Å². The third-order valence-electron chi connectivity index (χ3n) is 1.83. The van der Waals surface area contributed by atoms with Crippen LogP contribution < -0.4 is 5.32 Å². The molecule has 0 aliphatic carbocycles. The minimum Gasteiger partial charge on any atom is -0.465 e. The predicted octanol–water partition coefficient (Wildman–Crippen LogP) is 0.347. The Kier molecular flexibility index (Phi) is 2.34. The Morgan fingerprint density at radius 1 is 1.45 bits per heavy atom. The molecule has 2 atom stereocenters. The van der Waals surface area contributed by atoms with Crippen molar-refractivity contribution in [3.05, 3.63) is 0 Å². The third kappa shape index (κ3) is 2.08. The fourth-order valence-electron chi connectivity index (χ4n) is 1.48. The molecule has 0 saturated carbocycles. The molecule has 0 aromatic carbocycles. The summed E-state index contributed by atoms with van der Waals surface area (Å²) in [6, 6.07) is 0.546. The van der Waals surface area contributed by atoms with Gasteiger partial charge in [-0.1, -0.05) is 0 Å². The highest BCUT2D eigenvalue weighted by molar-refractivity contribution is 5.65. The Morgan fingerprint density at radius 3 is 2.27 bits per heavy atom. The van der Waals surface area contributed by atoms with Crippen LogP contribution in [0.5, 0.6) is 0 Å². The largest absolute Gasteiger partial charge is 0.465 e. The van der Waals surface area contributed by atoms with Gasteiger partial charge in [0.1, 0.15) is 0 Å². The van der Waals surface area contributed by atoms with Crippen LogP contribution in [0, 0.1) is 0 Å². The number of hydrogen-bond donors (Lipinski definition) is 2. The Morgan fingerprint density at radius 2 is 1.91 bits per heavy atom. The second-order valence-corrected chi connectivity index (χ2v) is 3.16. The zero-order valence-electron chi connectivity index (χ0n) is 6.87. The molecule has 64 valence electrons. The lowest BCUT2D eigenvalue weighted by Crippen LogP contribution is -2.55. The molecule has 2 N–H and O–H groups in total. The Bertz CT molecular complexity index is 151. The number of carboxylic acid groups (broad SMARTS) is 1. The van der Waals surface area contributed by atoms with Crippen LogP contribution in [0.25, 0.3) is 0 Å². The van der Waals surface area contributed by atoms with Crippen molar-refractivity contribution in [3.63, 3.8) is 0 Å². The molecular weight excluding hydrogens is 144 g/mol. The summed E-state index contributed by atoms with van der Waals surface area (Å²) in [5, 5.41) is 11.9. The Labute approximate surface area is 66.2 Å². The lowest BCUT2D eigenvalue weighted by molar-refractivity contribution is 0.120. The van der Waals surface area contributed by atoms with Gasteiger partial charge in [0.25, 0.3) is 0 Å². The number of nitrogens with one attached hydrogen (secondary N) is 1.